The van der Waals surface area contributed by atoms with Crippen LogP contribution in [0.15, 0.2) is 34.0 Å². The van der Waals surface area contributed by atoms with E-state index in [1.807, 2.05) is 6.92 Å². The van der Waals surface area contributed by atoms with Gasteiger partial charge in [-0.15, -0.1) is 23.1 Å². The molecule has 0 fully saturated rings. The molecule has 1 N–H and O–H groups in total. The summed E-state index contributed by atoms with van der Waals surface area (Å²) in [5, 5.41) is 0.127. The van der Waals surface area contributed by atoms with Crippen molar-refractivity contribution < 1.29 is 13.9 Å². The van der Waals surface area contributed by atoms with Crippen molar-refractivity contribution in [2.24, 2.45) is 0 Å². The number of ether oxygens (including phenoxy) is 1. The van der Waals surface area contributed by atoms with Crippen molar-refractivity contribution in [1.82, 2.24) is 9.97 Å². The predicted molar refractivity (Wildman–Crippen MR) is 102 cm³/mol. The number of carbonyl (C=O) groups excluding carboxylic acids is 1. The predicted octanol–water partition coefficient (Wildman–Crippen LogP) is 4.46. The summed E-state index contributed by atoms with van der Waals surface area (Å²) in [4.78, 5) is 33.2. The van der Waals surface area contributed by atoms with Gasteiger partial charge in [0.25, 0.3) is 5.56 Å². The molecule has 1 atom stereocenters. The van der Waals surface area contributed by atoms with Crippen molar-refractivity contribution in [1.29, 1.82) is 0 Å². The van der Waals surface area contributed by atoms with Gasteiger partial charge in [-0.3, -0.25) is 4.79 Å². The van der Waals surface area contributed by atoms with E-state index in [-0.39, 0.29) is 23.2 Å². The summed E-state index contributed by atoms with van der Waals surface area (Å²) in [6.07, 6.45) is 0. The van der Waals surface area contributed by atoms with E-state index in [9.17, 15) is 14.0 Å². The number of carbonyl (C=O) groups is 1. The number of rotatable bonds is 5. The Kier molecular flexibility index (Phi) is 5.43. The van der Waals surface area contributed by atoms with E-state index < -0.39 is 5.97 Å². The van der Waals surface area contributed by atoms with Crippen LogP contribution in [0.1, 0.15) is 40.2 Å². The molecule has 0 amide bonds. The van der Waals surface area contributed by atoms with E-state index in [4.69, 9.17) is 4.74 Å². The molecule has 0 aliphatic carbocycles. The van der Waals surface area contributed by atoms with Gasteiger partial charge in [0.1, 0.15) is 21.3 Å². The lowest BCUT2D eigenvalue weighted by Gasteiger charge is -2.11. The molecule has 0 saturated heterocycles. The van der Waals surface area contributed by atoms with Crippen LogP contribution in [-0.4, -0.2) is 22.5 Å². The van der Waals surface area contributed by atoms with Crippen molar-refractivity contribution >= 4 is 39.3 Å². The normalized spacial score (nSPS) is 12.3. The molecule has 8 heteroatoms. The summed E-state index contributed by atoms with van der Waals surface area (Å²) in [7, 11) is 0. The molecular weight excluding hydrogens is 375 g/mol. The van der Waals surface area contributed by atoms with E-state index in [0.29, 0.717) is 31.4 Å². The Bertz CT molecular complexity index is 1030. The van der Waals surface area contributed by atoms with Crippen LogP contribution in [0.5, 0.6) is 0 Å². The molecule has 2 aromatic heterocycles. The van der Waals surface area contributed by atoms with Crippen LogP contribution in [0.4, 0.5) is 4.39 Å². The molecular formula is C18H17FN2O3S2. The summed E-state index contributed by atoms with van der Waals surface area (Å²) in [5.41, 5.74) is 0.258. The van der Waals surface area contributed by atoms with Gasteiger partial charge < -0.3 is 9.72 Å². The first kappa shape index (κ1) is 18.6. The van der Waals surface area contributed by atoms with Crippen molar-refractivity contribution in [3.63, 3.8) is 0 Å². The van der Waals surface area contributed by atoms with Gasteiger partial charge in [0.15, 0.2) is 0 Å². The van der Waals surface area contributed by atoms with Gasteiger partial charge in [0.05, 0.1) is 17.2 Å². The zero-order valence-corrected chi connectivity index (χ0v) is 16.1. The lowest BCUT2D eigenvalue weighted by Crippen LogP contribution is -2.13. The standard InChI is InChI=1S/C18H17FN2O3S2/c1-4-24-18(23)14-9(2)13-16(22)20-15(21-17(13)26-14)10(3)25-12-8-6-5-7-11(12)19/h5-8,10H,4H2,1-3H3,(H,20,21,22)/t10-/m0/s1. The number of thiophene rings is 1. The fourth-order valence-electron chi connectivity index (χ4n) is 2.53. The van der Waals surface area contributed by atoms with Crippen LogP contribution in [0.25, 0.3) is 10.2 Å². The molecule has 0 unspecified atom stereocenters. The third-order valence-electron chi connectivity index (χ3n) is 3.81. The summed E-state index contributed by atoms with van der Waals surface area (Å²) in [6.45, 7) is 5.54. The van der Waals surface area contributed by atoms with Gasteiger partial charge in [-0.2, -0.15) is 0 Å². The first-order chi connectivity index (χ1) is 12.4. The Morgan fingerprint density at radius 1 is 1.42 bits per heavy atom. The largest absolute Gasteiger partial charge is 0.462 e. The fourth-order valence-corrected chi connectivity index (χ4v) is 4.56. The molecule has 0 bridgehead atoms. The molecule has 26 heavy (non-hydrogen) atoms. The van der Waals surface area contributed by atoms with Crippen molar-refractivity contribution in [3.8, 4) is 0 Å². The topological polar surface area (TPSA) is 72.0 Å². The second-order valence-electron chi connectivity index (χ2n) is 5.60. The average Bonchev–Trinajstić information content (AvgIpc) is 2.94. The first-order valence-electron chi connectivity index (χ1n) is 8.04. The van der Waals surface area contributed by atoms with Crippen LogP contribution in [0, 0.1) is 12.7 Å². The van der Waals surface area contributed by atoms with E-state index in [2.05, 4.69) is 9.97 Å². The summed E-state index contributed by atoms with van der Waals surface area (Å²) < 4.78 is 18.9. The Hall–Kier alpha value is -2.19. The van der Waals surface area contributed by atoms with Crippen LogP contribution in [0.3, 0.4) is 0 Å². The number of aryl methyl sites for hydroxylation is 1. The quantitative estimate of drug-likeness (QED) is 0.513. The summed E-state index contributed by atoms with van der Waals surface area (Å²) in [6, 6.07) is 6.46. The Morgan fingerprint density at radius 2 is 2.15 bits per heavy atom. The number of aromatic amines is 1. The molecule has 136 valence electrons. The van der Waals surface area contributed by atoms with E-state index >= 15 is 0 Å². The van der Waals surface area contributed by atoms with Crippen LogP contribution in [-0.2, 0) is 4.74 Å². The summed E-state index contributed by atoms with van der Waals surface area (Å²) in [5.74, 6) is -0.334. The number of halogens is 1. The number of nitrogens with one attached hydrogen (secondary N) is 1. The minimum Gasteiger partial charge on any atom is -0.462 e. The van der Waals surface area contributed by atoms with E-state index in [0.717, 1.165) is 11.3 Å². The zero-order valence-electron chi connectivity index (χ0n) is 14.5. The number of H-pyrrole nitrogens is 1. The number of thioether (sulfide) groups is 1. The lowest BCUT2D eigenvalue weighted by molar-refractivity contribution is 0.0531. The number of benzene rings is 1. The lowest BCUT2D eigenvalue weighted by atomic mass is 10.2. The number of hydrogen-bond donors (Lipinski definition) is 1. The Balaban J connectivity index is 1.99. The fraction of sp³-hybridized carbons (Fsp3) is 0.278. The van der Waals surface area contributed by atoms with Gasteiger partial charge in [-0.05, 0) is 38.5 Å². The van der Waals surface area contributed by atoms with Gasteiger partial charge in [0.2, 0.25) is 0 Å². The SMILES string of the molecule is CCOC(=O)c1sc2nc([C@H](C)Sc3ccccc3F)[nH]c(=O)c2c1C. The maximum Gasteiger partial charge on any atom is 0.348 e. The van der Waals surface area contributed by atoms with Crippen LogP contribution in [0.2, 0.25) is 0 Å². The number of esters is 1. The molecule has 3 aromatic rings. The van der Waals surface area contributed by atoms with Gasteiger partial charge in [-0.25, -0.2) is 14.2 Å². The maximum absolute atomic E-state index is 13.9. The molecule has 5 nitrogen and oxygen atoms in total. The van der Waals surface area contributed by atoms with Gasteiger partial charge >= 0.3 is 5.97 Å². The number of hydrogen-bond acceptors (Lipinski definition) is 6. The molecule has 0 spiro atoms. The molecule has 0 saturated carbocycles. The number of fused-ring (bicyclic) bond motifs is 1. The van der Waals surface area contributed by atoms with Crippen molar-refractivity contribution in [2.75, 3.05) is 6.61 Å². The maximum atomic E-state index is 13.9. The van der Waals surface area contributed by atoms with Gasteiger partial charge in [-0.1, -0.05) is 12.1 Å². The third kappa shape index (κ3) is 3.52. The minimum atomic E-state index is -0.456. The molecule has 0 aliphatic heterocycles. The smallest absolute Gasteiger partial charge is 0.348 e. The summed E-state index contributed by atoms with van der Waals surface area (Å²) >= 11 is 2.41. The van der Waals surface area contributed by atoms with Crippen LogP contribution >= 0.6 is 23.1 Å². The van der Waals surface area contributed by atoms with E-state index in [1.165, 1.54) is 17.8 Å². The second-order valence-corrected chi connectivity index (χ2v) is 7.98. The highest BCUT2D eigenvalue weighted by Crippen LogP contribution is 2.35. The van der Waals surface area contributed by atoms with Crippen molar-refractivity contribution in [3.05, 3.63) is 56.7 Å². The molecule has 3 rings (SSSR count). The third-order valence-corrected chi connectivity index (χ3v) is 6.13. The molecule has 1 aromatic carbocycles. The number of aromatic nitrogens is 2. The number of nitrogens with zero attached hydrogens (tertiary/aromatic N) is 1. The van der Waals surface area contributed by atoms with E-state index in [1.54, 1.807) is 32.0 Å². The zero-order chi connectivity index (χ0) is 18.8. The highest BCUT2D eigenvalue weighted by atomic mass is 32.2. The second kappa shape index (κ2) is 7.59. The van der Waals surface area contributed by atoms with Crippen molar-refractivity contribution in [2.45, 2.75) is 30.9 Å². The average molecular weight is 392 g/mol. The Labute approximate surface area is 157 Å². The molecule has 2 heterocycles. The highest BCUT2D eigenvalue weighted by Gasteiger charge is 2.21. The monoisotopic (exact) mass is 392 g/mol. The molecule has 0 radical (unpaired) electrons. The van der Waals surface area contributed by atoms with Crippen LogP contribution < -0.4 is 5.56 Å². The first-order valence-corrected chi connectivity index (χ1v) is 9.73. The highest BCUT2D eigenvalue weighted by molar-refractivity contribution is 7.99. The Morgan fingerprint density at radius 3 is 2.85 bits per heavy atom. The molecule has 0 aliphatic rings. The van der Waals surface area contributed by atoms with Gasteiger partial charge in [0, 0.05) is 4.90 Å². The minimum absolute atomic E-state index is 0.262.